The summed E-state index contributed by atoms with van der Waals surface area (Å²) in [5.41, 5.74) is 2.94. The van der Waals surface area contributed by atoms with E-state index in [0.29, 0.717) is 33.7 Å². The van der Waals surface area contributed by atoms with Gasteiger partial charge in [-0.3, -0.25) is 4.79 Å². The average Bonchev–Trinajstić information content (AvgIpc) is 3.27. The number of aryl methyl sites for hydroxylation is 1. The molecule has 2 heterocycles. The van der Waals surface area contributed by atoms with Crippen molar-refractivity contribution in [2.24, 2.45) is 7.05 Å². The van der Waals surface area contributed by atoms with Crippen molar-refractivity contribution >= 4 is 20.9 Å². The van der Waals surface area contributed by atoms with Gasteiger partial charge in [-0.2, -0.15) is 0 Å². The van der Waals surface area contributed by atoms with Gasteiger partial charge in [-0.1, -0.05) is 13.8 Å². The van der Waals surface area contributed by atoms with Gasteiger partial charge in [-0.25, -0.2) is 13.4 Å². The molecule has 0 radical (unpaired) electrons. The summed E-state index contributed by atoms with van der Waals surface area (Å²) in [4.78, 5) is 16.9. The third kappa shape index (κ3) is 3.57. The molecule has 1 aliphatic rings. The number of hydrogen-bond donors (Lipinski definition) is 0. The molecule has 0 amide bonds. The van der Waals surface area contributed by atoms with E-state index in [0.717, 1.165) is 12.8 Å². The monoisotopic (exact) mass is 416 g/mol. The number of methoxy groups -OCH3 is 1. The van der Waals surface area contributed by atoms with Crippen LogP contribution in [0.4, 0.5) is 0 Å². The maximum Gasteiger partial charge on any atom is 0.292 e. The first-order chi connectivity index (χ1) is 13.7. The summed E-state index contributed by atoms with van der Waals surface area (Å²) in [5.74, 6) is 0.866. The fraction of sp³-hybridized carbons (Fsp3) is 0.429. The Morgan fingerprint density at radius 2 is 2.00 bits per heavy atom. The van der Waals surface area contributed by atoms with Gasteiger partial charge in [0.05, 0.1) is 12.9 Å². The van der Waals surface area contributed by atoms with Crippen LogP contribution in [-0.4, -0.2) is 30.8 Å². The lowest BCUT2D eigenvalue weighted by molar-refractivity contribution is 0.405. The molecule has 1 aliphatic carbocycles. The first kappa shape index (κ1) is 19.7. The highest BCUT2D eigenvalue weighted by Gasteiger charge is 2.44. The number of pyridine rings is 1. The van der Waals surface area contributed by atoms with Gasteiger partial charge in [0, 0.05) is 35.5 Å². The van der Waals surface area contributed by atoms with Crippen LogP contribution in [0.1, 0.15) is 38.1 Å². The number of ether oxygens (including phenoxy) is 1. The molecule has 29 heavy (non-hydrogen) atoms. The van der Waals surface area contributed by atoms with E-state index in [-0.39, 0.29) is 28.2 Å². The van der Waals surface area contributed by atoms with Crippen molar-refractivity contribution in [3.8, 4) is 16.9 Å². The number of sulfone groups is 1. The molecule has 1 aromatic carbocycles. The van der Waals surface area contributed by atoms with E-state index in [1.54, 1.807) is 38.4 Å². The minimum Gasteiger partial charge on any atom is -0.491 e. The van der Waals surface area contributed by atoms with E-state index in [1.807, 2.05) is 0 Å². The molecule has 3 aromatic rings. The summed E-state index contributed by atoms with van der Waals surface area (Å²) < 4.78 is 37.2. The highest BCUT2D eigenvalue weighted by molar-refractivity contribution is 7.90. The molecule has 0 spiro atoms. The zero-order valence-corrected chi connectivity index (χ0v) is 17.8. The van der Waals surface area contributed by atoms with Crippen molar-refractivity contribution in [2.45, 2.75) is 37.9 Å². The van der Waals surface area contributed by atoms with Crippen molar-refractivity contribution < 1.29 is 17.6 Å². The lowest BCUT2D eigenvalue weighted by atomic mass is 10.0. The van der Waals surface area contributed by atoms with Crippen LogP contribution in [-0.2, 0) is 28.1 Å². The van der Waals surface area contributed by atoms with E-state index in [4.69, 9.17) is 9.15 Å². The maximum absolute atomic E-state index is 12.2. The molecule has 0 saturated heterocycles. The Hall–Kier alpha value is -2.61. The number of hydrogen-bond acceptors (Lipinski definition) is 6. The zero-order valence-electron chi connectivity index (χ0n) is 17.0. The normalized spacial score (nSPS) is 15.6. The van der Waals surface area contributed by atoms with E-state index < -0.39 is 9.84 Å². The van der Waals surface area contributed by atoms with Gasteiger partial charge in [-0.15, -0.1) is 0 Å². The van der Waals surface area contributed by atoms with Crippen LogP contribution in [0.2, 0.25) is 0 Å². The second kappa shape index (κ2) is 6.73. The molecule has 2 aromatic heterocycles. The van der Waals surface area contributed by atoms with Crippen LogP contribution in [0.5, 0.6) is 5.75 Å². The summed E-state index contributed by atoms with van der Waals surface area (Å²) in [6.45, 7) is 3.74. The minimum atomic E-state index is -3.22. The Kier molecular flexibility index (Phi) is 4.57. The fourth-order valence-corrected chi connectivity index (χ4v) is 4.26. The molecule has 0 bridgehead atoms. The highest BCUT2D eigenvalue weighted by atomic mass is 32.2. The minimum absolute atomic E-state index is 0.0623. The summed E-state index contributed by atoms with van der Waals surface area (Å²) >= 11 is 0. The molecular weight excluding hydrogens is 392 g/mol. The number of rotatable bonds is 6. The number of fused-ring (bicyclic) bond motifs is 1. The van der Waals surface area contributed by atoms with E-state index in [2.05, 4.69) is 11.9 Å². The van der Waals surface area contributed by atoms with Crippen LogP contribution in [0.15, 0.2) is 33.6 Å². The van der Waals surface area contributed by atoms with Crippen LogP contribution >= 0.6 is 0 Å². The van der Waals surface area contributed by atoms with Gasteiger partial charge in [-0.05, 0) is 36.6 Å². The van der Waals surface area contributed by atoms with E-state index in [9.17, 15) is 13.2 Å². The quantitative estimate of drug-likeness (QED) is 0.613. The van der Waals surface area contributed by atoms with Crippen molar-refractivity contribution in [1.29, 1.82) is 0 Å². The first-order valence-electron chi connectivity index (χ1n) is 9.55. The van der Waals surface area contributed by atoms with Crippen molar-refractivity contribution in [3.63, 3.8) is 0 Å². The van der Waals surface area contributed by atoms with Crippen molar-refractivity contribution in [1.82, 2.24) is 9.55 Å². The number of aromatic nitrogens is 2. The molecule has 1 fully saturated rings. The summed E-state index contributed by atoms with van der Waals surface area (Å²) in [5, 5.41) is 0. The molecule has 7 nitrogen and oxygen atoms in total. The molecule has 0 aliphatic heterocycles. The Bertz CT molecular complexity index is 1270. The largest absolute Gasteiger partial charge is 0.491 e. The third-order valence-corrected chi connectivity index (χ3v) is 7.23. The lowest BCUT2D eigenvalue weighted by Gasteiger charge is -2.10. The molecule has 0 unspecified atom stereocenters. The zero-order chi connectivity index (χ0) is 21.0. The van der Waals surface area contributed by atoms with Crippen molar-refractivity contribution in [3.05, 3.63) is 46.2 Å². The summed E-state index contributed by atoms with van der Waals surface area (Å²) in [6.07, 6.45) is 3.72. The molecule has 4 rings (SSSR count). The molecule has 154 valence electrons. The van der Waals surface area contributed by atoms with Crippen LogP contribution in [0, 0.1) is 0 Å². The molecule has 0 N–H and O–H groups in total. The Morgan fingerprint density at radius 3 is 2.62 bits per heavy atom. The Labute approximate surface area is 169 Å². The van der Waals surface area contributed by atoms with Gasteiger partial charge >= 0.3 is 0 Å². The predicted molar refractivity (Wildman–Crippen MR) is 111 cm³/mol. The second-order valence-electron chi connectivity index (χ2n) is 7.96. The van der Waals surface area contributed by atoms with Gasteiger partial charge in [0.25, 0.3) is 5.56 Å². The SMILES string of the molecule is CCS(=O)(=O)Cc1cc(-c2cc(OC)c(=O)n(C)c2)c2oc(C3(C)CC3)nc2c1. The van der Waals surface area contributed by atoms with Crippen LogP contribution in [0.25, 0.3) is 22.2 Å². The van der Waals surface area contributed by atoms with Crippen LogP contribution in [0.3, 0.4) is 0 Å². The van der Waals surface area contributed by atoms with Gasteiger partial charge in [0.1, 0.15) is 5.52 Å². The van der Waals surface area contributed by atoms with Gasteiger partial charge in [0.2, 0.25) is 5.89 Å². The lowest BCUT2D eigenvalue weighted by Crippen LogP contribution is -2.17. The third-order valence-electron chi connectivity index (χ3n) is 5.57. The predicted octanol–water partition coefficient (Wildman–Crippen LogP) is 3.19. The molecule has 0 atom stereocenters. The van der Waals surface area contributed by atoms with E-state index >= 15 is 0 Å². The van der Waals surface area contributed by atoms with Crippen molar-refractivity contribution in [2.75, 3.05) is 12.9 Å². The van der Waals surface area contributed by atoms with Gasteiger partial charge < -0.3 is 13.7 Å². The van der Waals surface area contributed by atoms with Gasteiger partial charge in [0.15, 0.2) is 21.2 Å². The Morgan fingerprint density at radius 1 is 1.28 bits per heavy atom. The number of nitrogens with zero attached hydrogens (tertiary/aromatic N) is 2. The summed E-state index contributed by atoms with van der Waals surface area (Å²) in [7, 11) is -0.123. The average molecular weight is 416 g/mol. The smallest absolute Gasteiger partial charge is 0.292 e. The summed E-state index contributed by atoms with van der Waals surface area (Å²) in [6, 6.07) is 5.24. The molecule has 8 heteroatoms. The number of oxazole rings is 1. The maximum atomic E-state index is 12.2. The molecule has 1 saturated carbocycles. The standard InChI is InChI=1S/C21H24N2O5S/c1-5-29(25,26)12-13-8-15(14-10-17(27-4)19(24)23(3)11-14)18-16(9-13)22-20(28-18)21(2)6-7-21/h8-11H,5-7,12H2,1-4H3. The first-order valence-corrected chi connectivity index (χ1v) is 11.4. The van der Waals surface area contributed by atoms with Crippen LogP contribution < -0.4 is 10.3 Å². The second-order valence-corrected chi connectivity index (χ2v) is 10.3. The Balaban J connectivity index is 1.96. The van der Waals surface area contributed by atoms with E-state index in [1.165, 1.54) is 11.7 Å². The highest BCUT2D eigenvalue weighted by Crippen LogP contribution is 2.48. The number of benzene rings is 1. The molecular formula is C21H24N2O5S. The fourth-order valence-electron chi connectivity index (χ4n) is 3.38. The topological polar surface area (TPSA) is 91.4 Å².